The lowest BCUT2D eigenvalue weighted by Crippen LogP contribution is -2.31. The van der Waals surface area contributed by atoms with Gasteiger partial charge in [-0.1, -0.05) is 6.07 Å². The highest BCUT2D eigenvalue weighted by Gasteiger charge is 2.01. The maximum absolute atomic E-state index is 4.37. The summed E-state index contributed by atoms with van der Waals surface area (Å²) in [5, 5.41) is 8.88. The van der Waals surface area contributed by atoms with E-state index in [0.29, 0.717) is 0 Å². The molecule has 0 aliphatic carbocycles. The van der Waals surface area contributed by atoms with Crippen LogP contribution in [-0.4, -0.2) is 0 Å². The topological polar surface area (TPSA) is 43.2 Å². The highest BCUT2D eigenvalue weighted by molar-refractivity contribution is 5.20. The second-order valence-corrected chi connectivity index (χ2v) is 2.78. The predicted molar refractivity (Wildman–Crippen MR) is 40.4 cm³/mol. The lowest BCUT2D eigenvalue weighted by Gasteiger charge is -2.01. The van der Waals surface area contributed by atoms with Crippen molar-refractivity contribution >= 4 is 0 Å². The van der Waals surface area contributed by atoms with E-state index in [0.717, 1.165) is 21.8 Å². The van der Waals surface area contributed by atoms with Gasteiger partial charge in [-0.15, -0.1) is 9.98 Å². The van der Waals surface area contributed by atoms with Gasteiger partial charge in [-0.05, 0) is 41.4 Å². The zero-order valence-corrected chi connectivity index (χ0v) is 6.87. The summed E-state index contributed by atoms with van der Waals surface area (Å²) in [5.74, 6) is 0. The number of benzene rings is 1. The van der Waals surface area contributed by atoms with Crippen LogP contribution in [-0.2, 0) is 9.98 Å². The lowest BCUT2D eigenvalue weighted by atomic mass is 10.1. The summed E-state index contributed by atoms with van der Waals surface area (Å²) in [7, 11) is 0. The molecular weight excluding hydrogens is 156 g/mol. The molecule has 1 aromatic rings. The fourth-order valence-electron chi connectivity index (χ4n) is 1.24. The molecule has 0 N–H and O–H groups in total. The molecule has 0 radical (unpaired) electrons. The standard InChI is InChI=1S/C8H8N2O2/c1-5-3-6(2)8-7(4-5)9-11-12-10-8/h3-4H,1-2H3. The van der Waals surface area contributed by atoms with E-state index in [9.17, 15) is 0 Å². The largest absolute Gasteiger partial charge is 0.145 e. The average Bonchev–Trinajstić information content (AvgIpc) is 2.04. The predicted octanol–water partition coefficient (Wildman–Crippen LogP) is 0.334. The van der Waals surface area contributed by atoms with Crippen molar-refractivity contribution in [1.29, 1.82) is 0 Å². The summed E-state index contributed by atoms with van der Waals surface area (Å²) in [5.41, 5.74) is 2.17. The molecule has 62 valence electrons. The zero-order chi connectivity index (χ0) is 8.55. The lowest BCUT2D eigenvalue weighted by molar-refractivity contribution is -0.309. The Morgan fingerprint density at radius 2 is 1.83 bits per heavy atom. The van der Waals surface area contributed by atoms with Crippen LogP contribution in [0.3, 0.4) is 0 Å². The summed E-state index contributed by atoms with van der Waals surface area (Å²) >= 11 is 0. The fraction of sp³-hybridized carbons (Fsp3) is 0.250. The van der Waals surface area contributed by atoms with Gasteiger partial charge in [0.2, 0.25) is 0 Å². The zero-order valence-electron chi connectivity index (χ0n) is 6.87. The van der Waals surface area contributed by atoms with E-state index in [-0.39, 0.29) is 0 Å². The molecule has 0 saturated heterocycles. The van der Waals surface area contributed by atoms with E-state index in [4.69, 9.17) is 0 Å². The van der Waals surface area contributed by atoms with Crippen molar-refractivity contribution in [2.24, 2.45) is 10.3 Å². The molecule has 0 atom stereocenters. The molecule has 0 amide bonds. The maximum Gasteiger partial charge on any atom is 0.140 e. The summed E-state index contributed by atoms with van der Waals surface area (Å²) in [6, 6.07) is 3.92. The van der Waals surface area contributed by atoms with Crippen LogP contribution in [0.4, 0.5) is 0 Å². The maximum atomic E-state index is 4.37. The molecule has 0 spiro atoms. The quantitative estimate of drug-likeness (QED) is 0.519. The van der Waals surface area contributed by atoms with E-state index in [2.05, 4.69) is 20.3 Å². The van der Waals surface area contributed by atoms with Crippen LogP contribution in [0.1, 0.15) is 11.1 Å². The van der Waals surface area contributed by atoms with Crippen LogP contribution in [0.25, 0.3) is 0 Å². The summed E-state index contributed by atoms with van der Waals surface area (Å²) in [4.78, 5) is 8.74. The van der Waals surface area contributed by atoms with Crippen molar-refractivity contribution in [3.63, 3.8) is 0 Å². The molecule has 12 heavy (non-hydrogen) atoms. The second kappa shape index (κ2) is 2.48. The summed E-state index contributed by atoms with van der Waals surface area (Å²) in [6.07, 6.45) is 0. The van der Waals surface area contributed by atoms with Gasteiger partial charge in [-0.2, -0.15) is 0 Å². The Morgan fingerprint density at radius 3 is 2.67 bits per heavy atom. The first-order chi connectivity index (χ1) is 5.77. The first-order valence-corrected chi connectivity index (χ1v) is 3.63. The van der Waals surface area contributed by atoms with Crippen LogP contribution >= 0.6 is 0 Å². The fourth-order valence-corrected chi connectivity index (χ4v) is 1.24. The molecule has 1 aliphatic rings. The highest BCUT2D eigenvalue weighted by Crippen LogP contribution is 1.95. The Balaban J connectivity index is 2.87. The number of aryl methyl sites for hydroxylation is 2. The van der Waals surface area contributed by atoms with Gasteiger partial charge in [0, 0.05) is 0 Å². The molecule has 4 heteroatoms. The minimum atomic E-state index is 0.721. The molecule has 1 aliphatic heterocycles. The van der Waals surface area contributed by atoms with Gasteiger partial charge < -0.3 is 0 Å². The van der Waals surface area contributed by atoms with Crippen molar-refractivity contribution in [3.05, 3.63) is 34.0 Å². The van der Waals surface area contributed by atoms with Crippen LogP contribution < -0.4 is 10.7 Å². The normalized spacial score (nSPS) is 13.2. The van der Waals surface area contributed by atoms with E-state index in [1.54, 1.807) is 0 Å². The minimum Gasteiger partial charge on any atom is -0.145 e. The van der Waals surface area contributed by atoms with Gasteiger partial charge >= 0.3 is 0 Å². The van der Waals surface area contributed by atoms with Crippen LogP contribution in [0.5, 0.6) is 0 Å². The van der Waals surface area contributed by atoms with Gasteiger partial charge in [0.1, 0.15) is 10.7 Å². The first-order valence-electron chi connectivity index (χ1n) is 3.63. The molecule has 4 nitrogen and oxygen atoms in total. The monoisotopic (exact) mass is 164 g/mol. The molecule has 2 rings (SSSR count). The SMILES string of the molecule is Cc1cc(C)c2c(c1)=NOON=2. The van der Waals surface area contributed by atoms with Crippen molar-refractivity contribution in [1.82, 2.24) is 0 Å². The third-order valence-corrected chi connectivity index (χ3v) is 1.72. The molecule has 1 aromatic carbocycles. The highest BCUT2D eigenvalue weighted by atomic mass is 17.3. The van der Waals surface area contributed by atoms with Gasteiger partial charge in [0.25, 0.3) is 0 Å². The number of nitrogens with zero attached hydrogens (tertiary/aromatic N) is 2. The Kier molecular flexibility index (Phi) is 1.46. The van der Waals surface area contributed by atoms with E-state index < -0.39 is 0 Å². The van der Waals surface area contributed by atoms with Crippen molar-refractivity contribution in [3.8, 4) is 0 Å². The minimum absolute atomic E-state index is 0.721. The van der Waals surface area contributed by atoms with Crippen LogP contribution in [0.15, 0.2) is 22.4 Å². The molecular formula is C8H8N2O2. The van der Waals surface area contributed by atoms with Crippen LogP contribution in [0.2, 0.25) is 0 Å². The van der Waals surface area contributed by atoms with Crippen molar-refractivity contribution in [2.45, 2.75) is 13.8 Å². The number of rotatable bonds is 0. The number of hydrogen-bond donors (Lipinski definition) is 0. The molecule has 1 heterocycles. The van der Waals surface area contributed by atoms with E-state index in [1.165, 1.54) is 0 Å². The van der Waals surface area contributed by atoms with E-state index in [1.807, 2.05) is 26.0 Å². The van der Waals surface area contributed by atoms with Gasteiger partial charge in [0.15, 0.2) is 0 Å². The third-order valence-electron chi connectivity index (χ3n) is 1.72. The molecule has 0 aromatic heterocycles. The average molecular weight is 164 g/mol. The van der Waals surface area contributed by atoms with Crippen LogP contribution in [0, 0.1) is 13.8 Å². The third kappa shape index (κ3) is 1.01. The smallest absolute Gasteiger partial charge is 0.140 e. The summed E-state index contributed by atoms with van der Waals surface area (Å²) in [6.45, 7) is 3.96. The van der Waals surface area contributed by atoms with Crippen molar-refractivity contribution < 1.29 is 9.98 Å². The van der Waals surface area contributed by atoms with E-state index >= 15 is 0 Å². The van der Waals surface area contributed by atoms with Gasteiger partial charge in [-0.25, -0.2) is 0 Å². The number of fused-ring (bicyclic) bond motifs is 1. The molecule has 0 fully saturated rings. The second-order valence-electron chi connectivity index (χ2n) is 2.78. The Morgan fingerprint density at radius 1 is 1.08 bits per heavy atom. The van der Waals surface area contributed by atoms with Crippen molar-refractivity contribution in [2.75, 3.05) is 0 Å². The number of hydrogen-bond acceptors (Lipinski definition) is 4. The molecule has 0 bridgehead atoms. The summed E-state index contributed by atoms with van der Waals surface area (Å²) < 4.78 is 0. The molecule has 0 saturated carbocycles. The molecule has 0 unspecified atom stereocenters. The van der Waals surface area contributed by atoms with Gasteiger partial charge in [0.05, 0.1) is 0 Å². The van der Waals surface area contributed by atoms with Gasteiger partial charge in [-0.3, -0.25) is 0 Å². The Hall–Kier alpha value is -1.58. The Labute approximate surface area is 69.0 Å². The Bertz CT molecular complexity index is 425. The first kappa shape index (κ1) is 7.09.